The highest BCUT2D eigenvalue weighted by molar-refractivity contribution is 5.69. The van der Waals surface area contributed by atoms with Crippen molar-refractivity contribution in [3.8, 4) is 5.88 Å². The van der Waals surface area contributed by atoms with E-state index >= 15 is 4.39 Å². The van der Waals surface area contributed by atoms with Crippen LogP contribution in [0.15, 0.2) is 34.6 Å². The number of nitrogens with one attached hydrogen (secondary N) is 2. The number of aromatic nitrogens is 2. The van der Waals surface area contributed by atoms with Crippen molar-refractivity contribution in [2.45, 2.75) is 70.9 Å². The topological polar surface area (TPSA) is 117 Å². The second-order valence-electron chi connectivity index (χ2n) is 12.9. The quantitative estimate of drug-likeness (QED) is 0.282. The molecule has 2 aromatic rings. The Bertz CT molecular complexity index is 1400. The first-order chi connectivity index (χ1) is 19.7. The van der Waals surface area contributed by atoms with Gasteiger partial charge in [-0.2, -0.15) is 14.5 Å². The zero-order valence-electron chi connectivity index (χ0n) is 24.1. The number of aliphatic imine (C=N–C) groups is 1. The third-order valence-corrected chi connectivity index (χ3v) is 10.6. The second-order valence-corrected chi connectivity index (χ2v) is 12.9. The van der Waals surface area contributed by atoms with E-state index in [4.69, 9.17) is 19.7 Å². The molecule has 5 aliphatic rings. The van der Waals surface area contributed by atoms with E-state index in [1.165, 1.54) is 6.33 Å². The molecule has 10 nitrogen and oxygen atoms in total. The molecule has 7 rings (SSSR count). The van der Waals surface area contributed by atoms with E-state index in [2.05, 4.69) is 51.1 Å². The summed E-state index contributed by atoms with van der Waals surface area (Å²) in [6.07, 6.45) is 6.13. The van der Waals surface area contributed by atoms with Crippen LogP contribution in [-0.2, 0) is 15.9 Å². The number of halogens is 1. The largest absolute Gasteiger partial charge is 0.471 e. The minimum absolute atomic E-state index is 0.0142. The lowest BCUT2D eigenvalue weighted by atomic mass is 9.28. The average Bonchev–Trinajstić information content (AvgIpc) is 3.61. The number of hydrogen-bond acceptors (Lipinski definition) is 10. The van der Waals surface area contributed by atoms with Crippen molar-refractivity contribution >= 4 is 23.4 Å². The monoisotopic (exact) mass is 563 g/mol. The zero-order valence-corrected chi connectivity index (χ0v) is 24.1. The van der Waals surface area contributed by atoms with Gasteiger partial charge in [0.25, 0.3) is 5.88 Å². The van der Waals surface area contributed by atoms with E-state index in [9.17, 15) is 0 Å². The van der Waals surface area contributed by atoms with E-state index in [1.807, 2.05) is 25.1 Å². The predicted molar refractivity (Wildman–Crippen MR) is 151 cm³/mol. The summed E-state index contributed by atoms with van der Waals surface area (Å²) in [4.78, 5) is 15.2. The Morgan fingerprint density at radius 1 is 1.29 bits per heavy atom. The molecule has 0 amide bonds. The molecule has 2 aliphatic heterocycles. The van der Waals surface area contributed by atoms with Crippen molar-refractivity contribution in [1.29, 1.82) is 5.53 Å². The Balaban J connectivity index is 1.10. The number of aryl methyl sites for hydroxylation is 1. The molecule has 7 unspecified atom stereocenters. The van der Waals surface area contributed by atoms with Crippen LogP contribution in [0, 0.1) is 34.0 Å². The van der Waals surface area contributed by atoms with Crippen LogP contribution in [-0.4, -0.2) is 71.4 Å². The Labute approximate surface area is 239 Å². The Hall–Kier alpha value is -3.02. The molecule has 3 saturated carbocycles. The van der Waals surface area contributed by atoms with Gasteiger partial charge in [-0.15, -0.1) is 0 Å². The number of nitrogens with zero attached hydrogens (tertiary/aromatic N) is 5. The van der Waals surface area contributed by atoms with E-state index in [-0.39, 0.29) is 64.8 Å². The Kier molecular flexibility index (Phi) is 6.22. The first kappa shape index (κ1) is 26.9. The van der Waals surface area contributed by atoms with Gasteiger partial charge < -0.3 is 19.5 Å². The van der Waals surface area contributed by atoms with Crippen LogP contribution < -0.4 is 10.1 Å². The summed E-state index contributed by atoms with van der Waals surface area (Å²) in [6.45, 7) is 11.3. The van der Waals surface area contributed by atoms with Crippen molar-refractivity contribution < 1.29 is 18.6 Å². The van der Waals surface area contributed by atoms with Crippen LogP contribution >= 0.6 is 0 Å². The molecule has 1 aromatic heterocycles. The normalized spacial score (nSPS) is 35.9. The Morgan fingerprint density at radius 3 is 2.85 bits per heavy atom. The molecule has 2 saturated heterocycles. The fourth-order valence-electron chi connectivity index (χ4n) is 8.07. The fourth-order valence-corrected chi connectivity index (χ4v) is 8.07. The summed E-state index contributed by atoms with van der Waals surface area (Å²) in [7, 11) is 0. The van der Waals surface area contributed by atoms with Gasteiger partial charge in [-0.1, -0.05) is 13.8 Å². The third kappa shape index (κ3) is 3.95. The number of ether oxygens (including phenoxy) is 3. The lowest BCUT2D eigenvalue weighted by Crippen LogP contribution is -2.91. The third-order valence-electron chi connectivity index (χ3n) is 10.6. The number of fused-ring (bicyclic) bond motifs is 2. The van der Waals surface area contributed by atoms with Crippen LogP contribution in [0.5, 0.6) is 5.88 Å². The number of benzene rings is 1. The maximum atomic E-state index is 15.9. The van der Waals surface area contributed by atoms with Crippen molar-refractivity contribution in [2.24, 2.45) is 32.8 Å². The molecule has 0 bridgehead atoms. The molecule has 0 radical (unpaired) electrons. The summed E-state index contributed by atoms with van der Waals surface area (Å²) in [5.41, 5.74) is 9.46. The van der Waals surface area contributed by atoms with Crippen molar-refractivity contribution in [3.05, 3.63) is 35.9 Å². The van der Waals surface area contributed by atoms with Gasteiger partial charge in [0, 0.05) is 47.7 Å². The second kappa shape index (κ2) is 9.50. The molecule has 3 aliphatic carbocycles. The standard InChI is InChI=1S/C30H38FN7O3/c1-5-18-12-19(33-10-11-36-32)6-7-21(18)37-25-22(31)26(35-15-34-25)41-23-20-13-38(16-39-28(3)8-9-28)14-30(20)24(23)29(4)17(2)40-27(29)30/h6-7,10,12,15,17,20,23-24,27,32H,5,8-9,11,13-14,16H2,1-4H3,(H,34,35,37). The Morgan fingerprint density at radius 2 is 2.12 bits per heavy atom. The van der Waals surface area contributed by atoms with Crippen molar-refractivity contribution in [2.75, 3.05) is 31.7 Å². The van der Waals surface area contributed by atoms with E-state index < -0.39 is 5.82 Å². The number of hydrogen-bond donors (Lipinski definition) is 2. The maximum absolute atomic E-state index is 15.9. The van der Waals surface area contributed by atoms with E-state index in [0.717, 1.165) is 49.3 Å². The minimum atomic E-state index is -0.593. The maximum Gasteiger partial charge on any atom is 0.256 e. The van der Waals surface area contributed by atoms with Crippen LogP contribution in [0.2, 0.25) is 0 Å². The molecule has 2 N–H and O–H groups in total. The summed E-state index contributed by atoms with van der Waals surface area (Å²) in [5, 5.41) is 6.44. The van der Waals surface area contributed by atoms with E-state index in [0.29, 0.717) is 6.73 Å². The molecule has 7 atom stereocenters. The number of anilines is 2. The minimum Gasteiger partial charge on any atom is -0.471 e. The average molecular weight is 564 g/mol. The molecule has 218 valence electrons. The van der Waals surface area contributed by atoms with Gasteiger partial charge >= 0.3 is 0 Å². The smallest absolute Gasteiger partial charge is 0.256 e. The van der Waals surface area contributed by atoms with Gasteiger partial charge in [0.15, 0.2) is 5.82 Å². The highest BCUT2D eigenvalue weighted by Crippen LogP contribution is 2.81. The summed E-state index contributed by atoms with van der Waals surface area (Å²) in [6, 6.07) is 5.62. The van der Waals surface area contributed by atoms with Gasteiger partial charge in [-0.25, -0.2) is 10.5 Å². The molecule has 1 aromatic carbocycles. The van der Waals surface area contributed by atoms with Gasteiger partial charge in [-0.05, 0) is 56.9 Å². The van der Waals surface area contributed by atoms with Crippen LogP contribution in [0.1, 0.15) is 46.1 Å². The summed E-state index contributed by atoms with van der Waals surface area (Å²) >= 11 is 0. The van der Waals surface area contributed by atoms with E-state index in [1.54, 1.807) is 6.21 Å². The highest BCUT2D eigenvalue weighted by atomic mass is 19.1. The molecule has 1 spiro atoms. The lowest BCUT2D eigenvalue weighted by molar-refractivity contribution is -0.459. The highest BCUT2D eigenvalue weighted by Gasteiger charge is 2.89. The zero-order chi connectivity index (χ0) is 28.6. The van der Waals surface area contributed by atoms with Crippen molar-refractivity contribution in [1.82, 2.24) is 14.9 Å². The molecule has 41 heavy (non-hydrogen) atoms. The lowest BCUT2D eigenvalue weighted by Gasteiger charge is -2.83. The van der Waals surface area contributed by atoms with Crippen LogP contribution in [0.25, 0.3) is 0 Å². The van der Waals surface area contributed by atoms with Gasteiger partial charge in [0.1, 0.15) is 12.4 Å². The predicted octanol–water partition coefficient (Wildman–Crippen LogP) is 5.28. The first-order valence-corrected chi connectivity index (χ1v) is 14.7. The summed E-state index contributed by atoms with van der Waals surface area (Å²) < 4.78 is 34.8. The van der Waals surface area contributed by atoms with Crippen molar-refractivity contribution in [3.63, 3.8) is 0 Å². The molecule has 11 heteroatoms. The SMILES string of the molecule is CCc1cc(N=CCN=N)ccc1Nc1ncnc(OC2C3CN(COC4(C)CC4)CC34C3OC(C)C3(C)C24)c1F. The fraction of sp³-hybridized carbons (Fsp3) is 0.633. The van der Waals surface area contributed by atoms with Crippen LogP contribution in [0.4, 0.5) is 21.6 Å². The first-order valence-electron chi connectivity index (χ1n) is 14.7. The molecular formula is C30H38FN7O3. The summed E-state index contributed by atoms with van der Waals surface area (Å²) in [5.74, 6) is -0.00728. The molecule has 3 heterocycles. The van der Waals surface area contributed by atoms with Crippen LogP contribution in [0.3, 0.4) is 0 Å². The number of rotatable bonds is 11. The van der Waals surface area contributed by atoms with Gasteiger partial charge in [0.2, 0.25) is 5.82 Å². The number of likely N-dealkylation sites (tertiary alicyclic amines) is 1. The molecular weight excluding hydrogens is 525 g/mol. The molecule has 5 fully saturated rings. The van der Waals surface area contributed by atoms with Gasteiger partial charge in [0.05, 0.1) is 36.8 Å². The van der Waals surface area contributed by atoms with Gasteiger partial charge in [-0.3, -0.25) is 9.89 Å².